The van der Waals surface area contributed by atoms with Crippen LogP contribution in [0.25, 0.3) is 11.4 Å². The number of amides is 1. The van der Waals surface area contributed by atoms with Crippen molar-refractivity contribution in [3.8, 4) is 17.1 Å². The molecule has 0 bridgehead atoms. The van der Waals surface area contributed by atoms with Crippen molar-refractivity contribution in [3.05, 3.63) is 65.8 Å². The minimum atomic E-state index is -0.277. The van der Waals surface area contributed by atoms with Crippen LogP contribution in [-0.4, -0.2) is 59.1 Å². The van der Waals surface area contributed by atoms with Crippen LogP contribution in [0.5, 0.6) is 5.75 Å². The summed E-state index contributed by atoms with van der Waals surface area (Å²) in [6, 6.07) is 14.1. The first-order valence-electron chi connectivity index (χ1n) is 10.3. The van der Waals surface area contributed by atoms with Gasteiger partial charge in [0.15, 0.2) is 0 Å². The Morgan fingerprint density at radius 1 is 1.13 bits per heavy atom. The number of carbonyl (C=O) groups excluding carboxylic acids is 1. The molecule has 1 aliphatic rings. The molecule has 2 heterocycles. The second kappa shape index (κ2) is 9.70. The molecule has 4 rings (SSSR count). The zero-order valence-electron chi connectivity index (χ0n) is 17.5. The number of hydrogen-bond donors (Lipinski definition) is 0. The molecule has 1 fully saturated rings. The molecule has 0 aliphatic carbocycles. The maximum Gasteiger partial charge on any atom is 0.227 e. The van der Waals surface area contributed by atoms with Crippen molar-refractivity contribution in [2.75, 3.05) is 33.3 Å². The lowest BCUT2D eigenvalue weighted by Gasteiger charge is -2.35. The Hall–Kier alpha value is -3.26. The molecule has 8 heteroatoms. The topological polar surface area (TPSA) is 71.7 Å². The first kappa shape index (κ1) is 21.0. The Morgan fingerprint density at radius 2 is 1.90 bits per heavy atom. The summed E-state index contributed by atoms with van der Waals surface area (Å²) in [6.07, 6.45) is 0.744. The molecular formula is C23H25FN4O3. The van der Waals surface area contributed by atoms with Gasteiger partial charge in [-0.25, -0.2) is 4.39 Å². The summed E-state index contributed by atoms with van der Waals surface area (Å²) in [7, 11) is 1.58. The third-order valence-electron chi connectivity index (χ3n) is 5.41. The van der Waals surface area contributed by atoms with Crippen LogP contribution in [0.4, 0.5) is 4.39 Å². The quantitative estimate of drug-likeness (QED) is 0.580. The van der Waals surface area contributed by atoms with Crippen molar-refractivity contribution in [3.63, 3.8) is 0 Å². The number of halogens is 1. The number of ether oxygens (including phenoxy) is 1. The molecule has 7 nitrogen and oxygen atoms in total. The van der Waals surface area contributed by atoms with Gasteiger partial charge in [0.25, 0.3) is 0 Å². The Labute approximate surface area is 180 Å². The maximum absolute atomic E-state index is 13.6. The highest BCUT2D eigenvalue weighted by molar-refractivity contribution is 5.76. The van der Waals surface area contributed by atoms with Crippen molar-refractivity contribution in [2.45, 2.75) is 19.4 Å². The monoisotopic (exact) mass is 424 g/mol. The standard InChI is InChI=1S/C23H25FN4O3/c1-30-20-8-7-19(24)15-18(20)16-27-11-13-28(14-12-27)22(29)10-9-21-25-23(26-31-21)17-5-3-2-4-6-17/h2-8,15H,9-14,16H2,1H3. The second-order valence-electron chi connectivity index (χ2n) is 7.49. The molecule has 2 aromatic carbocycles. The van der Waals surface area contributed by atoms with Gasteiger partial charge in [-0.05, 0) is 18.2 Å². The Balaban J connectivity index is 1.25. The lowest BCUT2D eigenvalue weighted by Crippen LogP contribution is -2.48. The number of hydrogen-bond acceptors (Lipinski definition) is 6. The van der Waals surface area contributed by atoms with Gasteiger partial charge in [-0.15, -0.1) is 0 Å². The first-order chi connectivity index (χ1) is 15.1. The number of piperazine rings is 1. The molecule has 0 spiro atoms. The van der Waals surface area contributed by atoms with E-state index in [1.165, 1.54) is 12.1 Å². The smallest absolute Gasteiger partial charge is 0.227 e. The van der Waals surface area contributed by atoms with E-state index in [0.717, 1.165) is 24.2 Å². The summed E-state index contributed by atoms with van der Waals surface area (Å²) in [6.45, 7) is 3.31. The van der Waals surface area contributed by atoms with Crippen LogP contribution in [0, 0.1) is 5.82 Å². The molecule has 31 heavy (non-hydrogen) atoms. The number of nitrogens with zero attached hydrogens (tertiary/aromatic N) is 4. The van der Waals surface area contributed by atoms with E-state index in [1.54, 1.807) is 13.2 Å². The van der Waals surface area contributed by atoms with Crippen LogP contribution in [0.15, 0.2) is 53.1 Å². The molecule has 0 unspecified atom stereocenters. The average molecular weight is 424 g/mol. The molecule has 1 aromatic heterocycles. The summed E-state index contributed by atoms with van der Waals surface area (Å²) in [5.74, 6) is 1.46. The number of benzene rings is 2. The summed E-state index contributed by atoms with van der Waals surface area (Å²) in [5.41, 5.74) is 1.70. The number of aryl methyl sites for hydroxylation is 1. The third kappa shape index (κ3) is 5.27. The number of aromatic nitrogens is 2. The van der Waals surface area contributed by atoms with E-state index in [1.807, 2.05) is 35.2 Å². The summed E-state index contributed by atoms with van der Waals surface area (Å²) >= 11 is 0. The minimum Gasteiger partial charge on any atom is -0.496 e. The van der Waals surface area contributed by atoms with Crippen LogP contribution in [0.1, 0.15) is 17.9 Å². The summed E-state index contributed by atoms with van der Waals surface area (Å²) in [5, 5.41) is 3.99. The van der Waals surface area contributed by atoms with Gasteiger partial charge in [0.2, 0.25) is 17.6 Å². The molecular weight excluding hydrogens is 399 g/mol. The summed E-state index contributed by atoms with van der Waals surface area (Å²) < 4.78 is 24.2. The van der Waals surface area contributed by atoms with E-state index in [4.69, 9.17) is 9.26 Å². The van der Waals surface area contributed by atoms with Gasteiger partial charge >= 0.3 is 0 Å². The normalized spacial score (nSPS) is 14.6. The zero-order chi connectivity index (χ0) is 21.6. The van der Waals surface area contributed by atoms with Crippen LogP contribution in [0.3, 0.4) is 0 Å². The van der Waals surface area contributed by atoms with Gasteiger partial charge in [-0.2, -0.15) is 4.98 Å². The molecule has 162 valence electrons. The lowest BCUT2D eigenvalue weighted by atomic mass is 10.1. The van der Waals surface area contributed by atoms with E-state index < -0.39 is 0 Å². The van der Waals surface area contributed by atoms with E-state index in [2.05, 4.69) is 15.0 Å². The third-order valence-corrected chi connectivity index (χ3v) is 5.41. The molecule has 3 aromatic rings. The lowest BCUT2D eigenvalue weighted by molar-refractivity contribution is -0.133. The minimum absolute atomic E-state index is 0.0717. The first-order valence-corrected chi connectivity index (χ1v) is 10.3. The summed E-state index contributed by atoms with van der Waals surface area (Å²) in [4.78, 5) is 21.0. The average Bonchev–Trinajstić information content (AvgIpc) is 3.28. The van der Waals surface area contributed by atoms with E-state index in [9.17, 15) is 9.18 Å². The van der Waals surface area contributed by atoms with Crippen molar-refractivity contribution < 1.29 is 18.4 Å². The SMILES string of the molecule is COc1ccc(F)cc1CN1CCN(C(=O)CCc2nc(-c3ccccc3)no2)CC1. The fraction of sp³-hybridized carbons (Fsp3) is 0.348. The van der Waals surface area contributed by atoms with Crippen LogP contribution >= 0.6 is 0 Å². The molecule has 1 amide bonds. The zero-order valence-corrected chi connectivity index (χ0v) is 17.5. The maximum atomic E-state index is 13.6. The van der Waals surface area contributed by atoms with Gasteiger partial charge in [0.1, 0.15) is 11.6 Å². The van der Waals surface area contributed by atoms with Crippen LogP contribution < -0.4 is 4.74 Å². The van der Waals surface area contributed by atoms with E-state index >= 15 is 0 Å². The predicted octanol–water partition coefficient (Wildman–Crippen LogP) is 3.16. The Kier molecular flexibility index (Phi) is 6.57. The van der Waals surface area contributed by atoms with Crippen molar-refractivity contribution in [1.82, 2.24) is 19.9 Å². The molecule has 0 saturated carbocycles. The Morgan fingerprint density at radius 3 is 2.65 bits per heavy atom. The molecule has 1 saturated heterocycles. The number of rotatable bonds is 7. The number of carbonyl (C=O) groups is 1. The van der Waals surface area contributed by atoms with Crippen LogP contribution in [0.2, 0.25) is 0 Å². The van der Waals surface area contributed by atoms with Crippen LogP contribution in [-0.2, 0) is 17.8 Å². The predicted molar refractivity (Wildman–Crippen MR) is 113 cm³/mol. The number of methoxy groups -OCH3 is 1. The molecule has 0 N–H and O–H groups in total. The highest BCUT2D eigenvalue weighted by atomic mass is 19.1. The van der Waals surface area contributed by atoms with E-state index in [-0.39, 0.29) is 11.7 Å². The van der Waals surface area contributed by atoms with E-state index in [0.29, 0.717) is 49.9 Å². The second-order valence-corrected chi connectivity index (χ2v) is 7.49. The van der Waals surface area contributed by atoms with Crippen molar-refractivity contribution >= 4 is 5.91 Å². The molecule has 0 radical (unpaired) electrons. The van der Waals surface area contributed by atoms with Gasteiger partial charge in [-0.1, -0.05) is 35.5 Å². The van der Waals surface area contributed by atoms with Crippen molar-refractivity contribution in [1.29, 1.82) is 0 Å². The van der Waals surface area contributed by atoms with Crippen molar-refractivity contribution in [2.24, 2.45) is 0 Å². The fourth-order valence-corrected chi connectivity index (χ4v) is 3.70. The Bertz CT molecular complexity index is 1020. The van der Waals surface area contributed by atoms with Gasteiger partial charge in [0.05, 0.1) is 7.11 Å². The highest BCUT2D eigenvalue weighted by Gasteiger charge is 2.22. The van der Waals surface area contributed by atoms with Gasteiger partial charge < -0.3 is 14.2 Å². The largest absolute Gasteiger partial charge is 0.496 e. The molecule has 0 atom stereocenters. The molecule has 1 aliphatic heterocycles. The van der Waals surface area contributed by atoms with Gasteiger partial charge in [0, 0.05) is 56.7 Å². The highest BCUT2D eigenvalue weighted by Crippen LogP contribution is 2.22. The van der Waals surface area contributed by atoms with Gasteiger partial charge in [-0.3, -0.25) is 9.69 Å². The fourth-order valence-electron chi connectivity index (χ4n) is 3.70.